The molecule has 2 aliphatic rings. The number of guanidine groups is 1. The Balaban J connectivity index is 2.43. The van der Waals surface area contributed by atoms with Gasteiger partial charge in [0, 0.05) is 69.4 Å². The molecule has 0 aromatic rings. The van der Waals surface area contributed by atoms with E-state index in [-0.39, 0.29) is 62.7 Å². The number of esters is 2. The number of carboxylic acid groups (broad SMARTS) is 1. The summed E-state index contributed by atoms with van der Waals surface area (Å²) in [6, 6.07) is 0. The van der Waals surface area contributed by atoms with Crippen LogP contribution in [0.1, 0.15) is 152 Å². The lowest BCUT2D eigenvalue weighted by atomic mass is 9.83. The van der Waals surface area contributed by atoms with Crippen molar-refractivity contribution < 1.29 is 89.9 Å². The van der Waals surface area contributed by atoms with Crippen LogP contribution in [0.4, 0.5) is 0 Å². The number of hydrogen-bond acceptors (Lipinski definition) is 18. The summed E-state index contributed by atoms with van der Waals surface area (Å²) in [5, 5.41) is 135. The number of hydrogen-bond donors (Lipinski definition) is 14. The molecule has 80 heavy (non-hydrogen) atoms. The zero-order chi connectivity index (χ0) is 60.4. The van der Waals surface area contributed by atoms with Crippen LogP contribution < -0.4 is 11.1 Å². The molecular weight excluding hydrogens is 1040 g/mol. The standard InChI is InChI=1S/C59H103N3O18/c1-34(18-14-12-10-11-13-17-25-62-58(60)61-9)26-38(5)55-37(4)19-15-16-20-45(64)39(6)49(68)28-42(63)27-43(78-54(74)32-53(72)73)29-44-30-51(70)56(75)59(77,80-44)33-52(71)36(3)22-23-46(65)40(7)50(69)31-48(67)35(2)21-24-47(66)41(8)57(76)79-55/h10-11,15-16,19-21,24,34-52,55-56,63-71,75,77H,12-14,17-18,22-23,25-33H2,1-9H3,(H,72,73)(H3,60,61,62)/b11-10?,19-15-,20-16+,24-21+. The smallest absolute Gasteiger partial charge is 0.317 e. The van der Waals surface area contributed by atoms with Crippen LogP contribution in [0.5, 0.6) is 0 Å². The molecule has 0 amide bonds. The van der Waals surface area contributed by atoms with E-state index in [0.29, 0.717) is 5.96 Å². The molecule has 0 aromatic carbocycles. The van der Waals surface area contributed by atoms with Crippen molar-refractivity contribution in [3.05, 3.63) is 48.6 Å². The van der Waals surface area contributed by atoms with E-state index in [1.54, 1.807) is 59.9 Å². The molecule has 21 heteroatoms. The van der Waals surface area contributed by atoms with Gasteiger partial charge < -0.3 is 86.5 Å². The Morgan fingerprint density at radius 3 is 2.05 bits per heavy atom. The lowest BCUT2D eigenvalue weighted by molar-refractivity contribution is -0.333. The second-order valence-corrected chi connectivity index (χ2v) is 23.4. The minimum absolute atomic E-state index is 0.0716. The Morgan fingerprint density at radius 2 is 1.40 bits per heavy atom. The molecule has 0 aromatic heterocycles. The molecule has 0 spiro atoms. The lowest BCUT2D eigenvalue weighted by Gasteiger charge is -2.45. The van der Waals surface area contributed by atoms with Gasteiger partial charge in [-0.2, -0.15) is 0 Å². The van der Waals surface area contributed by atoms with Gasteiger partial charge in [0.05, 0.1) is 67.0 Å². The van der Waals surface area contributed by atoms with Gasteiger partial charge in [0.2, 0.25) is 0 Å². The number of aliphatic hydroxyl groups excluding tert-OH is 10. The van der Waals surface area contributed by atoms with Gasteiger partial charge in [-0.05, 0) is 76.0 Å². The average molecular weight is 1140 g/mol. The van der Waals surface area contributed by atoms with Crippen LogP contribution in [0, 0.1) is 47.3 Å². The van der Waals surface area contributed by atoms with Crippen molar-refractivity contribution in [1.29, 1.82) is 0 Å². The van der Waals surface area contributed by atoms with E-state index in [1.165, 1.54) is 12.2 Å². The second-order valence-electron chi connectivity index (χ2n) is 23.4. The molecular formula is C59H103N3O18. The fraction of sp³-hybridized carbons (Fsp3) is 0.797. The zero-order valence-electron chi connectivity index (χ0n) is 48.9. The van der Waals surface area contributed by atoms with Gasteiger partial charge in [0.25, 0.3) is 0 Å². The summed E-state index contributed by atoms with van der Waals surface area (Å²) < 4.78 is 17.5. The van der Waals surface area contributed by atoms with Crippen LogP contribution >= 0.6 is 0 Å². The number of nitrogens with two attached hydrogens (primary N) is 1. The monoisotopic (exact) mass is 1140 g/mol. The summed E-state index contributed by atoms with van der Waals surface area (Å²) in [5.41, 5.74) is 5.68. The number of unbranched alkanes of at least 4 members (excludes halogenated alkanes) is 2. The van der Waals surface area contributed by atoms with Crippen LogP contribution in [0.15, 0.2) is 53.6 Å². The van der Waals surface area contributed by atoms with E-state index >= 15 is 0 Å². The molecule has 0 radical (unpaired) electrons. The molecule has 2 bridgehead atoms. The Labute approximate surface area is 474 Å². The number of carbonyl (C=O) groups excluding carboxylic acids is 2. The first kappa shape index (κ1) is 72.3. The number of cyclic esters (lactones) is 1. The number of nitrogens with one attached hydrogen (secondary N) is 1. The molecule has 21 nitrogen and oxygen atoms in total. The maximum Gasteiger partial charge on any atom is 0.317 e. The topological polar surface area (TPSA) is 372 Å². The SMILES string of the molecule is CN=C(N)NCCCC=CCCCC(C)CC(C)C1OC(=O)C(C)C(O)/C=C/C(C)C(O)CC(O)C(C)C(O)CCC(C)C(O)CC2(O)OC(CC(OC(=O)CC(=O)O)CC(O)CC(O)C(C)C(O)/C=C/C=C\C1C)CC(O)C2O. The third-order valence-electron chi connectivity index (χ3n) is 16.2. The quantitative estimate of drug-likeness (QED) is 0.0296. The highest BCUT2D eigenvalue weighted by Gasteiger charge is 2.50. The van der Waals surface area contributed by atoms with Gasteiger partial charge in [-0.15, -0.1) is 0 Å². The number of ether oxygens (including phenoxy) is 3. The number of rotatable bonds is 14. The summed E-state index contributed by atoms with van der Waals surface area (Å²) in [5.74, 6) is -9.43. The van der Waals surface area contributed by atoms with E-state index in [1.807, 2.05) is 19.9 Å². The largest absolute Gasteiger partial charge is 0.481 e. The van der Waals surface area contributed by atoms with Crippen molar-refractivity contribution in [2.75, 3.05) is 13.6 Å². The minimum Gasteiger partial charge on any atom is -0.481 e. The fourth-order valence-corrected chi connectivity index (χ4v) is 10.3. The zero-order valence-corrected chi connectivity index (χ0v) is 48.9. The summed E-state index contributed by atoms with van der Waals surface area (Å²) in [6.45, 7) is 14.8. The van der Waals surface area contributed by atoms with E-state index in [0.717, 1.165) is 45.1 Å². The predicted molar refractivity (Wildman–Crippen MR) is 302 cm³/mol. The van der Waals surface area contributed by atoms with E-state index in [2.05, 4.69) is 29.4 Å². The fourth-order valence-electron chi connectivity index (χ4n) is 10.3. The number of carbonyl (C=O) groups is 3. The highest BCUT2D eigenvalue weighted by molar-refractivity contribution is 5.90. The van der Waals surface area contributed by atoms with Gasteiger partial charge in [-0.3, -0.25) is 19.4 Å². The summed E-state index contributed by atoms with van der Waals surface area (Å²) >= 11 is 0. The molecule has 22 unspecified atom stereocenters. The maximum absolute atomic E-state index is 13.8. The Bertz CT molecular complexity index is 1960. The first-order chi connectivity index (χ1) is 37.5. The molecule has 15 N–H and O–H groups in total. The molecule has 462 valence electrons. The minimum atomic E-state index is -2.54. The van der Waals surface area contributed by atoms with Gasteiger partial charge in [0.15, 0.2) is 11.7 Å². The number of nitrogens with zero attached hydrogens (tertiary/aromatic N) is 1. The molecule has 2 rings (SSSR count). The average Bonchev–Trinajstić information content (AvgIpc) is 3.38. The van der Waals surface area contributed by atoms with Crippen molar-refractivity contribution in [2.45, 2.75) is 237 Å². The van der Waals surface area contributed by atoms with E-state index < -0.39 is 145 Å². The van der Waals surface area contributed by atoms with Crippen molar-refractivity contribution in [2.24, 2.45) is 58.1 Å². The molecule has 1 saturated heterocycles. The van der Waals surface area contributed by atoms with Gasteiger partial charge in [-0.25, -0.2) is 0 Å². The maximum atomic E-state index is 13.8. The molecule has 2 heterocycles. The van der Waals surface area contributed by atoms with Gasteiger partial charge >= 0.3 is 17.9 Å². The summed E-state index contributed by atoms with van der Waals surface area (Å²) in [4.78, 5) is 41.7. The third-order valence-corrected chi connectivity index (χ3v) is 16.2. The number of aliphatic carboxylic acids is 1. The summed E-state index contributed by atoms with van der Waals surface area (Å²) in [6.07, 6.45) is -0.165. The first-order valence-corrected chi connectivity index (χ1v) is 29.0. The lowest BCUT2D eigenvalue weighted by Crippen LogP contribution is -2.60. The number of allylic oxidation sites excluding steroid dienone is 4. The van der Waals surface area contributed by atoms with Crippen LogP contribution in [0.25, 0.3) is 0 Å². The Morgan fingerprint density at radius 1 is 0.762 bits per heavy atom. The highest BCUT2D eigenvalue weighted by Crippen LogP contribution is 2.36. The van der Waals surface area contributed by atoms with Crippen LogP contribution in [-0.2, 0) is 28.6 Å². The number of carboxylic acids is 1. The Hall–Kier alpha value is -3.84. The van der Waals surface area contributed by atoms with Crippen LogP contribution in [0.2, 0.25) is 0 Å². The number of aliphatic imine (C=N–C) groups is 1. The van der Waals surface area contributed by atoms with Crippen molar-refractivity contribution in [1.82, 2.24) is 5.32 Å². The highest BCUT2D eigenvalue weighted by atomic mass is 16.7. The molecule has 0 saturated carbocycles. The first-order valence-electron chi connectivity index (χ1n) is 29.0. The molecule has 22 atom stereocenters. The van der Waals surface area contributed by atoms with E-state index in [9.17, 15) is 75.7 Å². The normalized spacial score (nSPS) is 38.9. The second kappa shape index (κ2) is 36.7. The molecule has 2 aliphatic heterocycles. The van der Waals surface area contributed by atoms with Crippen molar-refractivity contribution in [3.63, 3.8) is 0 Å². The molecule has 1 fully saturated rings. The molecule has 0 aliphatic carbocycles. The van der Waals surface area contributed by atoms with Crippen molar-refractivity contribution >= 4 is 23.9 Å². The van der Waals surface area contributed by atoms with Gasteiger partial charge in [-0.1, -0.05) is 103 Å². The Kier molecular flexibility index (Phi) is 33.1. The van der Waals surface area contributed by atoms with E-state index in [4.69, 9.17) is 19.9 Å². The van der Waals surface area contributed by atoms with Crippen LogP contribution in [0.3, 0.4) is 0 Å². The third kappa shape index (κ3) is 26.2. The van der Waals surface area contributed by atoms with Crippen LogP contribution in [-0.4, -0.2) is 184 Å². The predicted octanol–water partition coefficient (Wildman–Crippen LogP) is 3.30. The number of aliphatic hydroxyl groups is 11. The van der Waals surface area contributed by atoms with Gasteiger partial charge in [0.1, 0.15) is 24.7 Å². The summed E-state index contributed by atoms with van der Waals surface area (Å²) in [7, 11) is 1.63. The number of fused-ring (bicyclic) bond motifs is 2. The van der Waals surface area contributed by atoms with Crippen molar-refractivity contribution in [3.8, 4) is 0 Å².